The van der Waals surface area contributed by atoms with E-state index in [-0.39, 0.29) is 11.3 Å². The van der Waals surface area contributed by atoms with Crippen molar-refractivity contribution in [2.75, 3.05) is 13.2 Å². The van der Waals surface area contributed by atoms with E-state index in [1.807, 2.05) is 6.07 Å². The van der Waals surface area contributed by atoms with Crippen LogP contribution in [0.25, 0.3) is 0 Å². The number of ether oxygens (including phenoxy) is 2. The summed E-state index contributed by atoms with van der Waals surface area (Å²) in [5, 5.41) is 9.92. The molecule has 0 saturated heterocycles. The van der Waals surface area contributed by atoms with E-state index in [4.69, 9.17) is 15.2 Å². The van der Waals surface area contributed by atoms with Gasteiger partial charge in [-0.15, -0.1) is 0 Å². The molecular formula is C12H15NO3. The highest BCUT2D eigenvalue weighted by atomic mass is 16.5. The Hall–Kier alpha value is -1.42. The van der Waals surface area contributed by atoms with Gasteiger partial charge in [0.1, 0.15) is 5.75 Å². The summed E-state index contributed by atoms with van der Waals surface area (Å²) in [5.74, 6) is 1.52. The smallest absolute Gasteiger partial charge is 0.164 e. The van der Waals surface area contributed by atoms with Crippen molar-refractivity contribution in [2.24, 2.45) is 5.73 Å². The van der Waals surface area contributed by atoms with E-state index in [1.54, 1.807) is 6.07 Å². The first-order valence-corrected chi connectivity index (χ1v) is 5.61. The SMILES string of the molecule is NC1(c2cc3c(cc2O)OCCCO3)CC1. The Bertz CT molecular complexity index is 427. The average molecular weight is 221 g/mol. The zero-order chi connectivity index (χ0) is 11.2. The van der Waals surface area contributed by atoms with E-state index in [9.17, 15) is 5.11 Å². The van der Waals surface area contributed by atoms with Crippen LogP contribution >= 0.6 is 0 Å². The predicted molar refractivity (Wildman–Crippen MR) is 58.8 cm³/mol. The zero-order valence-electron chi connectivity index (χ0n) is 9.03. The van der Waals surface area contributed by atoms with Gasteiger partial charge >= 0.3 is 0 Å². The van der Waals surface area contributed by atoms with Gasteiger partial charge in [0, 0.05) is 23.6 Å². The van der Waals surface area contributed by atoms with Crippen LogP contribution in [-0.2, 0) is 5.54 Å². The zero-order valence-corrected chi connectivity index (χ0v) is 9.03. The molecular weight excluding hydrogens is 206 g/mol. The first-order valence-electron chi connectivity index (χ1n) is 5.61. The Balaban J connectivity index is 2.05. The van der Waals surface area contributed by atoms with Crippen LogP contribution in [0.2, 0.25) is 0 Å². The topological polar surface area (TPSA) is 64.7 Å². The van der Waals surface area contributed by atoms with Crippen molar-refractivity contribution in [3.05, 3.63) is 17.7 Å². The summed E-state index contributed by atoms with van der Waals surface area (Å²) in [5.41, 5.74) is 6.51. The van der Waals surface area contributed by atoms with Gasteiger partial charge in [0.25, 0.3) is 0 Å². The molecule has 0 amide bonds. The molecule has 1 fully saturated rings. The summed E-state index contributed by atoms with van der Waals surface area (Å²) < 4.78 is 11.1. The molecule has 0 aromatic heterocycles. The van der Waals surface area contributed by atoms with Gasteiger partial charge in [0.05, 0.1) is 13.2 Å². The Morgan fingerprint density at radius 3 is 2.38 bits per heavy atom. The highest BCUT2D eigenvalue weighted by Gasteiger charge is 2.42. The summed E-state index contributed by atoms with van der Waals surface area (Å²) in [6, 6.07) is 3.44. The molecule has 3 N–H and O–H groups in total. The molecule has 1 saturated carbocycles. The fraction of sp³-hybridized carbons (Fsp3) is 0.500. The van der Waals surface area contributed by atoms with Gasteiger partial charge in [-0.1, -0.05) is 0 Å². The summed E-state index contributed by atoms with van der Waals surface area (Å²) in [4.78, 5) is 0. The molecule has 4 nitrogen and oxygen atoms in total. The molecule has 1 aliphatic heterocycles. The Morgan fingerprint density at radius 2 is 1.75 bits per heavy atom. The third kappa shape index (κ3) is 1.50. The number of hydrogen-bond acceptors (Lipinski definition) is 4. The molecule has 2 aliphatic rings. The van der Waals surface area contributed by atoms with Gasteiger partial charge in [-0.2, -0.15) is 0 Å². The number of phenolic OH excluding ortho intramolecular Hbond substituents is 1. The summed E-state index contributed by atoms with van der Waals surface area (Å²) in [7, 11) is 0. The van der Waals surface area contributed by atoms with Crippen molar-refractivity contribution in [3.63, 3.8) is 0 Å². The molecule has 1 aromatic rings. The van der Waals surface area contributed by atoms with E-state index >= 15 is 0 Å². The van der Waals surface area contributed by atoms with Crippen molar-refractivity contribution >= 4 is 0 Å². The van der Waals surface area contributed by atoms with E-state index in [0.717, 1.165) is 24.8 Å². The molecule has 0 unspecified atom stereocenters. The minimum atomic E-state index is -0.352. The number of nitrogens with two attached hydrogens (primary N) is 1. The number of benzene rings is 1. The monoisotopic (exact) mass is 221 g/mol. The minimum absolute atomic E-state index is 0.212. The molecule has 86 valence electrons. The lowest BCUT2D eigenvalue weighted by Gasteiger charge is -2.15. The van der Waals surface area contributed by atoms with Gasteiger partial charge in [-0.3, -0.25) is 0 Å². The van der Waals surface area contributed by atoms with Gasteiger partial charge in [-0.25, -0.2) is 0 Å². The highest BCUT2D eigenvalue weighted by molar-refractivity contribution is 5.54. The number of aromatic hydroxyl groups is 1. The first kappa shape index (κ1) is 9.78. The number of fused-ring (bicyclic) bond motifs is 1. The van der Waals surface area contributed by atoms with Crippen molar-refractivity contribution < 1.29 is 14.6 Å². The predicted octanol–water partition coefficient (Wildman–Crippen LogP) is 1.50. The normalized spacial score (nSPS) is 21.3. The van der Waals surface area contributed by atoms with Crippen molar-refractivity contribution in [2.45, 2.75) is 24.8 Å². The third-order valence-electron chi connectivity index (χ3n) is 3.19. The largest absolute Gasteiger partial charge is 0.507 e. The lowest BCUT2D eigenvalue weighted by molar-refractivity contribution is 0.296. The number of hydrogen-bond donors (Lipinski definition) is 2. The van der Waals surface area contributed by atoms with Crippen LogP contribution in [0.1, 0.15) is 24.8 Å². The summed E-state index contributed by atoms with van der Waals surface area (Å²) >= 11 is 0. The standard InChI is InChI=1S/C12H15NO3/c13-12(2-3-12)8-6-10-11(7-9(8)14)16-5-1-4-15-10/h6-7,14H,1-5,13H2. The van der Waals surface area contributed by atoms with Gasteiger partial charge in [0.15, 0.2) is 11.5 Å². The van der Waals surface area contributed by atoms with Gasteiger partial charge in [-0.05, 0) is 18.9 Å². The van der Waals surface area contributed by atoms with E-state index in [0.29, 0.717) is 24.7 Å². The van der Waals surface area contributed by atoms with Crippen LogP contribution in [-0.4, -0.2) is 18.3 Å². The fourth-order valence-electron chi connectivity index (χ4n) is 2.00. The molecule has 0 radical (unpaired) electrons. The molecule has 3 rings (SSSR count). The molecule has 0 atom stereocenters. The summed E-state index contributed by atoms with van der Waals surface area (Å²) in [6.07, 6.45) is 2.69. The maximum absolute atomic E-state index is 9.92. The van der Waals surface area contributed by atoms with Gasteiger partial charge in [0.2, 0.25) is 0 Å². The van der Waals surface area contributed by atoms with Crippen molar-refractivity contribution in [1.29, 1.82) is 0 Å². The highest BCUT2D eigenvalue weighted by Crippen LogP contribution is 2.49. The second kappa shape index (κ2) is 3.28. The molecule has 1 heterocycles. The van der Waals surface area contributed by atoms with Crippen LogP contribution in [0.3, 0.4) is 0 Å². The molecule has 4 heteroatoms. The fourth-order valence-corrected chi connectivity index (χ4v) is 2.00. The minimum Gasteiger partial charge on any atom is -0.507 e. The second-order valence-electron chi connectivity index (χ2n) is 4.52. The number of rotatable bonds is 1. The second-order valence-corrected chi connectivity index (χ2v) is 4.52. The lowest BCUT2D eigenvalue weighted by atomic mass is 10.0. The van der Waals surface area contributed by atoms with E-state index in [1.165, 1.54) is 0 Å². The molecule has 1 aromatic carbocycles. The maximum Gasteiger partial charge on any atom is 0.164 e. The Morgan fingerprint density at radius 1 is 1.12 bits per heavy atom. The molecule has 1 aliphatic carbocycles. The number of phenols is 1. The van der Waals surface area contributed by atoms with Crippen LogP contribution in [0, 0.1) is 0 Å². The summed E-state index contributed by atoms with van der Waals surface area (Å²) in [6.45, 7) is 1.27. The molecule has 0 spiro atoms. The van der Waals surface area contributed by atoms with Crippen LogP contribution < -0.4 is 15.2 Å². The van der Waals surface area contributed by atoms with Gasteiger partial charge < -0.3 is 20.3 Å². The average Bonchev–Trinajstić information content (AvgIpc) is 3.01. The van der Waals surface area contributed by atoms with E-state index in [2.05, 4.69) is 0 Å². The van der Waals surface area contributed by atoms with Crippen LogP contribution in [0.15, 0.2) is 12.1 Å². The maximum atomic E-state index is 9.92. The molecule has 0 bridgehead atoms. The van der Waals surface area contributed by atoms with Crippen molar-refractivity contribution in [3.8, 4) is 17.2 Å². The third-order valence-corrected chi connectivity index (χ3v) is 3.19. The van der Waals surface area contributed by atoms with Crippen LogP contribution in [0.4, 0.5) is 0 Å². The van der Waals surface area contributed by atoms with E-state index < -0.39 is 0 Å². The Labute approximate surface area is 94.0 Å². The van der Waals surface area contributed by atoms with Crippen LogP contribution in [0.5, 0.6) is 17.2 Å². The lowest BCUT2D eigenvalue weighted by Crippen LogP contribution is -2.18. The first-order chi connectivity index (χ1) is 7.69. The van der Waals surface area contributed by atoms with Crippen molar-refractivity contribution in [1.82, 2.24) is 0 Å². The quantitative estimate of drug-likeness (QED) is 0.754. The Kier molecular flexibility index (Phi) is 2.01. The molecule has 16 heavy (non-hydrogen) atoms.